The number of para-hydroxylation sites is 1. The van der Waals surface area contributed by atoms with Gasteiger partial charge in [-0.1, -0.05) is 18.2 Å². The molecule has 2 heterocycles. The molecule has 1 amide bonds. The van der Waals surface area contributed by atoms with Crippen LogP contribution in [-0.2, 0) is 4.79 Å². The number of amides is 1. The first-order valence-corrected chi connectivity index (χ1v) is 9.78. The number of carbonyl (C=O) groups excluding carboxylic acids is 1. The Morgan fingerprint density at radius 1 is 1.15 bits per heavy atom. The van der Waals surface area contributed by atoms with Gasteiger partial charge in [-0.3, -0.25) is 9.69 Å². The van der Waals surface area contributed by atoms with E-state index in [1.54, 1.807) is 11.1 Å². The van der Waals surface area contributed by atoms with Crippen LogP contribution in [0, 0.1) is 11.3 Å². The van der Waals surface area contributed by atoms with Crippen LogP contribution in [0.2, 0.25) is 0 Å². The topological polar surface area (TPSA) is 63.5 Å². The lowest BCUT2D eigenvalue weighted by molar-refractivity contribution is -0.119. The maximum Gasteiger partial charge on any atom is 0.241 e. The maximum absolute atomic E-state index is 12.9. The van der Waals surface area contributed by atoms with Gasteiger partial charge in [-0.05, 0) is 40.2 Å². The van der Waals surface area contributed by atoms with Gasteiger partial charge in [-0.15, -0.1) is 0 Å². The van der Waals surface area contributed by atoms with Crippen LogP contribution in [0.1, 0.15) is 6.42 Å². The molecule has 140 valence electrons. The van der Waals surface area contributed by atoms with Crippen molar-refractivity contribution in [1.29, 1.82) is 5.26 Å². The average molecular weight is 428 g/mol. The van der Waals surface area contributed by atoms with E-state index in [0.717, 1.165) is 42.2 Å². The number of benzene rings is 1. The summed E-state index contributed by atoms with van der Waals surface area (Å²) in [5.74, 6) is 0.996. The van der Waals surface area contributed by atoms with Crippen LogP contribution in [0.5, 0.6) is 0 Å². The van der Waals surface area contributed by atoms with Gasteiger partial charge in [-0.25, -0.2) is 4.98 Å². The Labute approximate surface area is 168 Å². The molecule has 7 heteroatoms. The van der Waals surface area contributed by atoms with Crippen molar-refractivity contribution in [3.8, 4) is 6.07 Å². The average Bonchev–Trinajstić information content (AvgIpc) is 2.70. The summed E-state index contributed by atoms with van der Waals surface area (Å²) in [4.78, 5) is 23.4. The molecule has 1 aromatic heterocycles. The van der Waals surface area contributed by atoms with E-state index in [0.29, 0.717) is 19.5 Å². The summed E-state index contributed by atoms with van der Waals surface area (Å²) in [6.07, 6.45) is 2.13. The molecule has 1 aliphatic heterocycles. The summed E-state index contributed by atoms with van der Waals surface area (Å²) >= 11 is 3.41. The lowest BCUT2D eigenvalue weighted by atomic mass is 10.2. The zero-order chi connectivity index (χ0) is 19.1. The van der Waals surface area contributed by atoms with Crippen LogP contribution >= 0.6 is 15.9 Å². The molecular weight excluding hydrogens is 406 g/mol. The van der Waals surface area contributed by atoms with Crippen molar-refractivity contribution < 1.29 is 4.79 Å². The summed E-state index contributed by atoms with van der Waals surface area (Å²) in [5.41, 5.74) is 0.843. The highest BCUT2D eigenvalue weighted by atomic mass is 79.9. The standard InChI is InChI=1S/C20H22BrN5O/c21-17-7-8-19(23-15-17)25-13-11-24(12-14-25)16-20(27)26(10-4-9-22)18-5-2-1-3-6-18/h1-3,5-8,15H,4,10-14,16H2. The molecule has 1 saturated heterocycles. The molecule has 0 unspecified atom stereocenters. The quantitative estimate of drug-likeness (QED) is 0.708. The van der Waals surface area contributed by atoms with E-state index >= 15 is 0 Å². The fraction of sp³-hybridized carbons (Fsp3) is 0.350. The molecule has 0 radical (unpaired) electrons. The minimum Gasteiger partial charge on any atom is -0.354 e. The fourth-order valence-electron chi connectivity index (χ4n) is 3.13. The van der Waals surface area contributed by atoms with Crippen LogP contribution in [-0.4, -0.2) is 55.1 Å². The third kappa shape index (κ3) is 5.28. The van der Waals surface area contributed by atoms with Crippen LogP contribution in [0.15, 0.2) is 53.1 Å². The van der Waals surface area contributed by atoms with Crippen molar-refractivity contribution >= 4 is 33.3 Å². The van der Waals surface area contributed by atoms with E-state index in [-0.39, 0.29) is 5.91 Å². The van der Waals surface area contributed by atoms with Crippen molar-refractivity contribution in [3.05, 3.63) is 53.1 Å². The summed E-state index contributed by atoms with van der Waals surface area (Å²) in [6.45, 7) is 4.08. The number of nitriles is 1. The van der Waals surface area contributed by atoms with Gasteiger partial charge in [0.15, 0.2) is 0 Å². The highest BCUT2D eigenvalue weighted by Gasteiger charge is 2.23. The number of halogens is 1. The van der Waals surface area contributed by atoms with Gasteiger partial charge in [0, 0.05) is 49.1 Å². The summed E-state index contributed by atoms with van der Waals surface area (Å²) in [5, 5.41) is 8.91. The summed E-state index contributed by atoms with van der Waals surface area (Å²) < 4.78 is 0.967. The van der Waals surface area contributed by atoms with Gasteiger partial charge in [-0.2, -0.15) is 5.26 Å². The largest absolute Gasteiger partial charge is 0.354 e. The predicted octanol–water partition coefficient (Wildman–Crippen LogP) is 2.91. The second kappa shape index (κ2) is 9.49. The van der Waals surface area contributed by atoms with Crippen molar-refractivity contribution in [3.63, 3.8) is 0 Å². The molecule has 6 nitrogen and oxygen atoms in total. The lowest BCUT2D eigenvalue weighted by Crippen LogP contribution is -2.50. The van der Waals surface area contributed by atoms with E-state index < -0.39 is 0 Å². The predicted molar refractivity (Wildman–Crippen MR) is 110 cm³/mol. The summed E-state index contributed by atoms with van der Waals surface area (Å²) in [7, 11) is 0. The molecule has 0 saturated carbocycles. The first-order chi connectivity index (χ1) is 13.2. The Bertz CT molecular complexity index is 782. The lowest BCUT2D eigenvalue weighted by Gasteiger charge is -2.36. The van der Waals surface area contributed by atoms with Crippen molar-refractivity contribution in [2.24, 2.45) is 0 Å². The van der Waals surface area contributed by atoms with Gasteiger partial charge in [0.2, 0.25) is 5.91 Å². The smallest absolute Gasteiger partial charge is 0.241 e. The molecule has 0 spiro atoms. The number of pyridine rings is 1. The third-order valence-corrected chi connectivity index (χ3v) is 5.05. The minimum absolute atomic E-state index is 0.0340. The number of nitrogens with zero attached hydrogens (tertiary/aromatic N) is 5. The molecule has 2 aromatic rings. The van der Waals surface area contributed by atoms with Crippen molar-refractivity contribution in [2.45, 2.75) is 6.42 Å². The number of piperazine rings is 1. The SMILES string of the molecule is N#CCCN(C(=O)CN1CCN(c2ccc(Br)cn2)CC1)c1ccccc1. The number of hydrogen-bond donors (Lipinski definition) is 0. The molecule has 27 heavy (non-hydrogen) atoms. The van der Waals surface area contributed by atoms with Crippen molar-refractivity contribution in [2.75, 3.05) is 49.1 Å². The number of carbonyl (C=O) groups is 1. The van der Waals surface area contributed by atoms with Gasteiger partial charge >= 0.3 is 0 Å². The number of hydrogen-bond acceptors (Lipinski definition) is 5. The number of anilines is 2. The minimum atomic E-state index is 0.0340. The van der Waals surface area contributed by atoms with Crippen LogP contribution < -0.4 is 9.80 Å². The number of rotatable bonds is 6. The van der Waals surface area contributed by atoms with Gasteiger partial charge in [0.25, 0.3) is 0 Å². The fourth-order valence-corrected chi connectivity index (χ4v) is 3.37. The molecule has 1 aromatic carbocycles. The molecule has 0 N–H and O–H groups in total. The van der Waals surface area contributed by atoms with Crippen molar-refractivity contribution in [1.82, 2.24) is 9.88 Å². The van der Waals surface area contributed by atoms with E-state index in [1.807, 2.05) is 42.5 Å². The molecule has 0 bridgehead atoms. The highest BCUT2D eigenvalue weighted by molar-refractivity contribution is 9.10. The number of aromatic nitrogens is 1. The van der Waals surface area contributed by atoms with Gasteiger partial charge in [0.1, 0.15) is 5.82 Å². The van der Waals surface area contributed by atoms with Gasteiger partial charge in [0.05, 0.1) is 19.0 Å². The van der Waals surface area contributed by atoms with Gasteiger partial charge < -0.3 is 9.80 Å². The Morgan fingerprint density at radius 2 is 1.89 bits per heavy atom. The maximum atomic E-state index is 12.9. The first-order valence-electron chi connectivity index (χ1n) is 8.98. The molecule has 0 atom stereocenters. The third-order valence-electron chi connectivity index (χ3n) is 4.58. The molecule has 3 rings (SSSR count). The van der Waals surface area contributed by atoms with E-state index in [4.69, 9.17) is 5.26 Å². The molecule has 0 aliphatic carbocycles. The normalized spacial score (nSPS) is 14.6. The monoisotopic (exact) mass is 427 g/mol. The second-order valence-electron chi connectivity index (χ2n) is 6.39. The van der Waals surface area contributed by atoms with Crippen LogP contribution in [0.3, 0.4) is 0 Å². The first kappa shape index (κ1) is 19.3. The van der Waals surface area contributed by atoms with E-state index in [1.165, 1.54) is 0 Å². The van der Waals surface area contributed by atoms with E-state index in [9.17, 15) is 4.79 Å². The van der Waals surface area contributed by atoms with Crippen LogP contribution in [0.4, 0.5) is 11.5 Å². The Kier molecular flexibility index (Phi) is 6.80. The van der Waals surface area contributed by atoms with E-state index in [2.05, 4.69) is 36.8 Å². The zero-order valence-electron chi connectivity index (χ0n) is 15.1. The zero-order valence-corrected chi connectivity index (χ0v) is 16.7. The van der Waals surface area contributed by atoms with Crippen LogP contribution in [0.25, 0.3) is 0 Å². The highest BCUT2D eigenvalue weighted by Crippen LogP contribution is 2.18. The molecule has 1 aliphatic rings. The Balaban J connectivity index is 1.57. The Morgan fingerprint density at radius 3 is 2.52 bits per heavy atom. The second-order valence-corrected chi connectivity index (χ2v) is 7.30. The Hall–Kier alpha value is -2.43. The molecule has 1 fully saturated rings. The summed E-state index contributed by atoms with van der Waals surface area (Å²) in [6, 6.07) is 15.7. The molecular formula is C20H22BrN5O.